The van der Waals surface area contributed by atoms with E-state index in [-0.39, 0.29) is 6.04 Å². The lowest BCUT2D eigenvalue weighted by Gasteiger charge is -2.23. The highest BCUT2D eigenvalue weighted by atomic mass is 28.4. The Morgan fingerprint density at radius 1 is 1.42 bits per heavy atom. The van der Waals surface area contributed by atoms with Crippen LogP contribution >= 0.6 is 0 Å². The molecule has 0 amide bonds. The summed E-state index contributed by atoms with van der Waals surface area (Å²) >= 11 is 0. The highest BCUT2D eigenvalue weighted by molar-refractivity contribution is 6.58. The first-order chi connectivity index (χ1) is 5.23. The molecule has 0 spiro atoms. The molecule has 1 aliphatic rings. The van der Waals surface area contributed by atoms with E-state index >= 15 is 0 Å². The van der Waals surface area contributed by atoms with Crippen LogP contribution in [0.4, 0.5) is 0 Å². The van der Waals surface area contributed by atoms with Gasteiger partial charge in [-0.05, 0) is 19.8 Å². The lowest BCUT2D eigenvalue weighted by atomic mass is 9.98. The minimum atomic E-state index is -4.01. The molecule has 0 heterocycles. The van der Waals surface area contributed by atoms with E-state index in [1.54, 1.807) is 6.92 Å². The molecule has 0 aliphatic heterocycles. The molecule has 3 atom stereocenters. The molecule has 0 radical (unpaired) electrons. The first-order valence-electron chi connectivity index (χ1n) is 3.95. The molecule has 0 aromatic rings. The van der Waals surface area contributed by atoms with Crippen LogP contribution in [0.25, 0.3) is 0 Å². The standard InChI is InChI=1S/C6H16N2O3Si/c1-6(8)3-4(2-5(6)7)12(9,10)11/h4-5,9-11H,2-3,7-8H2,1H3. The van der Waals surface area contributed by atoms with Gasteiger partial charge in [0.25, 0.3) is 0 Å². The van der Waals surface area contributed by atoms with Crippen LogP contribution < -0.4 is 11.5 Å². The lowest BCUT2D eigenvalue weighted by molar-refractivity contribution is 0.208. The Morgan fingerprint density at radius 2 is 1.92 bits per heavy atom. The van der Waals surface area contributed by atoms with Gasteiger partial charge in [0.2, 0.25) is 0 Å². The van der Waals surface area contributed by atoms with Crippen molar-refractivity contribution in [1.29, 1.82) is 0 Å². The van der Waals surface area contributed by atoms with E-state index in [9.17, 15) is 0 Å². The molecule has 72 valence electrons. The number of rotatable bonds is 1. The Morgan fingerprint density at radius 3 is 2.08 bits per heavy atom. The Hall–Kier alpha value is 0.0169. The average Bonchev–Trinajstić information content (AvgIpc) is 2.06. The van der Waals surface area contributed by atoms with Gasteiger partial charge >= 0.3 is 8.80 Å². The molecule has 7 N–H and O–H groups in total. The third-order valence-corrected chi connectivity index (χ3v) is 4.15. The number of hydrogen-bond donors (Lipinski definition) is 5. The summed E-state index contributed by atoms with van der Waals surface area (Å²) in [5.41, 5.74) is 10.3. The van der Waals surface area contributed by atoms with Crippen molar-refractivity contribution < 1.29 is 14.4 Å². The van der Waals surface area contributed by atoms with Crippen LogP contribution in [-0.2, 0) is 0 Å². The molecular formula is C6H16N2O3Si. The van der Waals surface area contributed by atoms with E-state index < -0.39 is 19.9 Å². The predicted octanol–water partition coefficient (Wildman–Crippen LogP) is -1.89. The van der Waals surface area contributed by atoms with Crippen molar-refractivity contribution in [3.63, 3.8) is 0 Å². The van der Waals surface area contributed by atoms with Crippen molar-refractivity contribution in [3.8, 4) is 0 Å². The quantitative estimate of drug-likeness (QED) is 0.312. The smallest absolute Gasteiger partial charge is 0.390 e. The molecule has 0 aromatic heterocycles. The fraction of sp³-hybridized carbons (Fsp3) is 1.00. The average molecular weight is 192 g/mol. The molecule has 1 saturated carbocycles. The highest BCUT2D eigenvalue weighted by Gasteiger charge is 2.50. The third-order valence-electron chi connectivity index (χ3n) is 2.62. The topological polar surface area (TPSA) is 113 Å². The van der Waals surface area contributed by atoms with E-state index in [4.69, 9.17) is 25.9 Å². The van der Waals surface area contributed by atoms with Crippen LogP contribution in [0.3, 0.4) is 0 Å². The van der Waals surface area contributed by atoms with E-state index in [1.165, 1.54) is 0 Å². The molecule has 5 nitrogen and oxygen atoms in total. The van der Waals surface area contributed by atoms with Gasteiger partial charge in [-0.2, -0.15) is 0 Å². The second-order valence-electron chi connectivity index (χ2n) is 3.94. The molecule has 1 rings (SSSR count). The fourth-order valence-electron chi connectivity index (χ4n) is 1.64. The van der Waals surface area contributed by atoms with Crippen LogP contribution in [0.5, 0.6) is 0 Å². The van der Waals surface area contributed by atoms with Gasteiger partial charge in [0.15, 0.2) is 0 Å². The van der Waals surface area contributed by atoms with Crippen LogP contribution in [0.1, 0.15) is 19.8 Å². The van der Waals surface area contributed by atoms with Gasteiger partial charge in [-0.3, -0.25) is 0 Å². The van der Waals surface area contributed by atoms with Crippen molar-refractivity contribution in [2.24, 2.45) is 11.5 Å². The summed E-state index contributed by atoms with van der Waals surface area (Å²) < 4.78 is 0. The normalized spacial score (nSPS) is 43.5. The van der Waals surface area contributed by atoms with Gasteiger partial charge in [-0.15, -0.1) is 0 Å². The second-order valence-corrected chi connectivity index (χ2v) is 6.13. The fourth-order valence-corrected chi connectivity index (χ4v) is 2.92. The van der Waals surface area contributed by atoms with Crippen molar-refractivity contribution in [2.75, 3.05) is 0 Å². The first-order valence-corrected chi connectivity index (χ1v) is 5.87. The molecule has 6 heteroatoms. The van der Waals surface area contributed by atoms with Crippen LogP contribution in [0.2, 0.25) is 5.54 Å². The molecule has 12 heavy (non-hydrogen) atoms. The van der Waals surface area contributed by atoms with E-state index in [0.29, 0.717) is 12.8 Å². The van der Waals surface area contributed by atoms with Gasteiger partial charge in [-0.25, -0.2) is 0 Å². The molecule has 0 aromatic carbocycles. The molecule has 1 fully saturated rings. The van der Waals surface area contributed by atoms with E-state index in [1.807, 2.05) is 0 Å². The number of nitrogens with two attached hydrogens (primary N) is 2. The summed E-state index contributed by atoms with van der Waals surface area (Å²) in [7, 11) is -4.01. The molecule has 0 bridgehead atoms. The monoisotopic (exact) mass is 192 g/mol. The maximum atomic E-state index is 9.01. The summed E-state index contributed by atoms with van der Waals surface area (Å²) in [6.07, 6.45) is 0.770. The lowest BCUT2D eigenvalue weighted by Crippen LogP contribution is -2.48. The van der Waals surface area contributed by atoms with Crippen molar-refractivity contribution in [3.05, 3.63) is 0 Å². The highest BCUT2D eigenvalue weighted by Crippen LogP contribution is 2.39. The summed E-state index contributed by atoms with van der Waals surface area (Å²) in [4.78, 5) is 27.0. The molecule has 3 unspecified atom stereocenters. The zero-order valence-electron chi connectivity index (χ0n) is 7.07. The third kappa shape index (κ3) is 1.84. The minimum Gasteiger partial charge on any atom is -0.390 e. The van der Waals surface area contributed by atoms with E-state index in [0.717, 1.165) is 0 Å². The van der Waals surface area contributed by atoms with Gasteiger partial charge in [0.05, 0.1) is 0 Å². The summed E-state index contributed by atoms with van der Waals surface area (Å²) in [6.45, 7) is 1.76. The van der Waals surface area contributed by atoms with E-state index in [2.05, 4.69) is 0 Å². The van der Waals surface area contributed by atoms with Crippen molar-refractivity contribution in [2.45, 2.75) is 36.9 Å². The molecule has 1 aliphatic carbocycles. The predicted molar refractivity (Wildman–Crippen MR) is 46.0 cm³/mol. The number of hydrogen-bond acceptors (Lipinski definition) is 5. The Bertz CT molecular complexity index is 180. The van der Waals surface area contributed by atoms with Crippen molar-refractivity contribution in [1.82, 2.24) is 0 Å². The summed E-state index contributed by atoms with van der Waals surface area (Å²) in [5, 5.41) is 0. The SMILES string of the molecule is CC1(N)CC([Si](O)(O)O)CC1N. The first kappa shape index (κ1) is 10.1. The molecule has 0 saturated heterocycles. The van der Waals surface area contributed by atoms with Gasteiger partial charge < -0.3 is 25.9 Å². The summed E-state index contributed by atoms with van der Waals surface area (Å²) in [5.74, 6) is 0. The van der Waals surface area contributed by atoms with Crippen LogP contribution in [-0.4, -0.2) is 34.8 Å². The van der Waals surface area contributed by atoms with Gasteiger partial charge in [0, 0.05) is 17.1 Å². The minimum absolute atomic E-state index is 0.263. The second kappa shape index (κ2) is 2.76. The van der Waals surface area contributed by atoms with Crippen molar-refractivity contribution >= 4 is 8.80 Å². The van der Waals surface area contributed by atoms with Crippen LogP contribution in [0, 0.1) is 0 Å². The zero-order valence-corrected chi connectivity index (χ0v) is 8.07. The maximum Gasteiger partial charge on any atom is 0.496 e. The zero-order chi connectivity index (χ0) is 9.57. The molecular weight excluding hydrogens is 176 g/mol. The van der Waals surface area contributed by atoms with Gasteiger partial charge in [0.1, 0.15) is 0 Å². The maximum absolute atomic E-state index is 9.01. The Kier molecular flexibility index (Phi) is 2.32. The summed E-state index contributed by atoms with van der Waals surface area (Å²) in [6, 6.07) is -0.263. The Labute approximate surface area is 72.4 Å². The Balaban J connectivity index is 2.67. The van der Waals surface area contributed by atoms with Crippen LogP contribution in [0.15, 0.2) is 0 Å². The largest absolute Gasteiger partial charge is 0.496 e. The van der Waals surface area contributed by atoms with Gasteiger partial charge in [-0.1, -0.05) is 0 Å².